The number of carbonyl (C=O) groups excluding carboxylic acids is 1. The van der Waals surface area contributed by atoms with Gasteiger partial charge in [-0.3, -0.25) is 0 Å². The molecule has 0 aliphatic rings. The summed E-state index contributed by atoms with van der Waals surface area (Å²) in [5.74, 6) is -1.54. The molecule has 0 aliphatic heterocycles. The van der Waals surface area contributed by atoms with Gasteiger partial charge >= 0.3 is 24.5 Å². The molecule has 6 heteroatoms. The predicted molar refractivity (Wildman–Crippen MR) is 54.5 cm³/mol. The quantitative estimate of drug-likeness (QED) is 0.442. The van der Waals surface area contributed by atoms with Gasteiger partial charge in [-0.25, -0.2) is 4.79 Å². The summed E-state index contributed by atoms with van der Waals surface area (Å²) in [6.07, 6.45) is 0. The molecule has 0 aliphatic carbocycles. The Morgan fingerprint density at radius 2 is 2.00 bits per heavy atom. The van der Waals surface area contributed by atoms with Crippen molar-refractivity contribution in [1.29, 1.82) is 0 Å². The molecule has 2 rings (SSSR count). The summed E-state index contributed by atoms with van der Waals surface area (Å²) in [5.41, 5.74) is -1.03. The fourth-order valence-corrected chi connectivity index (χ4v) is 1.62. The first-order valence-corrected chi connectivity index (χ1v) is 4.82. The number of benzene rings is 1. The zero-order valence-electron chi connectivity index (χ0n) is 8.32. The van der Waals surface area contributed by atoms with E-state index in [4.69, 9.17) is 4.42 Å². The van der Waals surface area contributed by atoms with Crippen LogP contribution in [0.15, 0.2) is 37.9 Å². The van der Waals surface area contributed by atoms with Crippen LogP contribution in [-0.2, 0) is 0 Å². The second kappa shape index (κ2) is 4.87. The van der Waals surface area contributed by atoms with Gasteiger partial charge in [0, 0.05) is 9.86 Å². The number of carboxylic acids is 1. The van der Waals surface area contributed by atoms with Crippen molar-refractivity contribution in [2.45, 2.75) is 0 Å². The number of carboxylic acid groups (broad SMARTS) is 1. The van der Waals surface area contributed by atoms with E-state index in [1.54, 1.807) is 18.2 Å². The Labute approximate surface area is 111 Å². The third-order valence-corrected chi connectivity index (χ3v) is 2.41. The second-order valence-electron chi connectivity index (χ2n) is 2.92. The fraction of sp³-hybridized carbons (Fsp3) is 0. The van der Waals surface area contributed by atoms with Crippen LogP contribution in [0.4, 0.5) is 0 Å². The number of hydrogen-bond donors (Lipinski definition) is 0. The molecule has 0 N–H and O–H groups in total. The van der Waals surface area contributed by atoms with Gasteiger partial charge in [0.2, 0.25) is 0 Å². The van der Waals surface area contributed by atoms with Crippen LogP contribution < -0.4 is 29.6 Å². The van der Waals surface area contributed by atoms with E-state index in [9.17, 15) is 14.7 Å². The number of rotatable bonds is 1. The van der Waals surface area contributed by atoms with Crippen molar-refractivity contribution in [3.63, 3.8) is 0 Å². The number of hydrogen-bond acceptors (Lipinski definition) is 4. The van der Waals surface area contributed by atoms with E-state index in [2.05, 4.69) is 15.9 Å². The molecule has 16 heavy (non-hydrogen) atoms. The summed E-state index contributed by atoms with van der Waals surface area (Å²) in [5, 5.41) is 11.1. The molecular formula is C10H4BrLiO4. The van der Waals surface area contributed by atoms with E-state index in [0.29, 0.717) is 11.0 Å². The normalized spacial score (nSPS) is 9.81. The number of fused-ring (bicyclic) bond motifs is 1. The zero-order chi connectivity index (χ0) is 11.0. The number of aromatic carboxylic acids is 1. The first kappa shape index (κ1) is 13.0. The summed E-state index contributed by atoms with van der Waals surface area (Å²) in [6.45, 7) is 0. The minimum atomic E-state index is -1.54. The average Bonchev–Trinajstić information content (AvgIpc) is 2.17. The molecule has 1 aromatic carbocycles. The molecule has 1 heterocycles. The molecule has 0 atom stereocenters. The van der Waals surface area contributed by atoms with Crippen LogP contribution >= 0.6 is 15.9 Å². The number of carbonyl (C=O) groups is 1. The van der Waals surface area contributed by atoms with Crippen LogP contribution in [-0.4, -0.2) is 5.97 Å². The third kappa shape index (κ3) is 2.38. The molecule has 0 saturated heterocycles. The Balaban J connectivity index is 0.00000128. The molecular weight excluding hydrogens is 271 g/mol. The summed E-state index contributed by atoms with van der Waals surface area (Å²) in [7, 11) is 0. The van der Waals surface area contributed by atoms with Gasteiger partial charge in [-0.1, -0.05) is 15.9 Å². The summed E-state index contributed by atoms with van der Waals surface area (Å²) >= 11 is 3.23. The standard InChI is InChI=1S/C10H5BrO4.Li/c11-6-1-2-8-5(3-6)4-7(9(12)13)10(14)15-8;/h1-4H,(H,12,13);/q;+1/p-1. The van der Waals surface area contributed by atoms with Gasteiger partial charge in [-0.15, -0.1) is 0 Å². The zero-order valence-corrected chi connectivity index (χ0v) is 9.91. The summed E-state index contributed by atoms with van der Waals surface area (Å²) in [6, 6.07) is 6.18. The molecule has 0 spiro atoms. The van der Waals surface area contributed by atoms with Crippen LogP contribution in [0.3, 0.4) is 0 Å². The van der Waals surface area contributed by atoms with Gasteiger partial charge < -0.3 is 14.3 Å². The molecule has 0 unspecified atom stereocenters. The van der Waals surface area contributed by atoms with Crippen LogP contribution in [0.1, 0.15) is 10.4 Å². The van der Waals surface area contributed by atoms with Crippen molar-refractivity contribution in [3.8, 4) is 0 Å². The second-order valence-corrected chi connectivity index (χ2v) is 3.83. The Bertz CT molecular complexity index is 605. The maximum atomic E-state index is 11.2. The predicted octanol–water partition coefficient (Wildman–Crippen LogP) is -2.08. The van der Waals surface area contributed by atoms with Crippen molar-refractivity contribution >= 4 is 32.9 Å². The van der Waals surface area contributed by atoms with Crippen molar-refractivity contribution in [1.82, 2.24) is 0 Å². The molecule has 0 radical (unpaired) electrons. The monoisotopic (exact) mass is 274 g/mol. The Kier molecular flexibility index (Phi) is 3.97. The van der Waals surface area contributed by atoms with E-state index < -0.39 is 17.2 Å². The van der Waals surface area contributed by atoms with E-state index >= 15 is 0 Å². The van der Waals surface area contributed by atoms with Crippen LogP contribution in [0, 0.1) is 0 Å². The van der Waals surface area contributed by atoms with E-state index in [-0.39, 0.29) is 18.9 Å². The SMILES string of the molecule is O=C([O-])c1cc2cc(Br)ccc2oc1=O.[Li+]. The molecule has 4 nitrogen and oxygen atoms in total. The Morgan fingerprint density at radius 3 is 2.62 bits per heavy atom. The minimum Gasteiger partial charge on any atom is -0.545 e. The molecule has 76 valence electrons. The van der Waals surface area contributed by atoms with Crippen molar-refractivity contribution < 1.29 is 33.2 Å². The summed E-state index contributed by atoms with van der Waals surface area (Å²) in [4.78, 5) is 21.7. The molecule has 0 bridgehead atoms. The number of halogens is 1. The average molecular weight is 275 g/mol. The van der Waals surface area contributed by atoms with Crippen LogP contribution in [0.25, 0.3) is 11.0 Å². The largest absolute Gasteiger partial charge is 1.00 e. The van der Waals surface area contributed by atoms with E-state index in [1.165, 1.54) is 6.07 Å². The van der Waals surface area contributed by atoms with Crippen LogP contribution in [0.2, 0.25) is 0 Å². The molecule has 0 saturated carbocycles. The smallest absolute Gasteiger partial charge is 0.545 e. The molecule has 0 amide bonds. The molecule has 1 aromatic heterocycles. The topological polar surface area (TPSA) is 70.3 Å². The Morgan fingerprint density at radius 1 is 1.31 bits per heavy atom. The summed E-state index contributed by atoms with van der Waals surface area (Å²) < 4.78 is 5.58. The van der Waals surface area contributed by atoms with Crippen molar-refractivity contribution in [2.75, 3.05) is 0 Å². The van der Waals surface area contributed by atoms with Gasteiger partial charge in [-0.2, -0.15) is 0 Å². The van der Waals surface area contributed by atoms with Crippen LogP contribution in [0.5, 0.6) is 0 Å². The Hall–Kier alpha value is -1.02. The molecule has 0 fully saturated rings. The first-order valence-electron chi connectivity index (χ1n) is 4.02. The first-order chi connectivity index (χ1) is 7.08. The fourth-order valence-electron chi connectivity index (χ4n) is 1.24. The maximum absolute atomic E-state index is 11.2. The van der Waals surface area contributed by atoms with E-state index in [0.717, 1.165) is 4.47 Å². The van der Waals surface area contributed by atoms with Gasteiger partial charge in [0.1, 0.15) is 5.58 Å². The van der Waals surface area contributed by atoms with Gasteiger partial charge in [0.15, 0.2) is 0 Å². The minimum absolute atomic E-state index is 0. The molecule has 2 aromatic rings. The van der Waals surface area contributed by atoms with Crippen molar-refractivity contribution in [3.05, 3.63) is 44.7 Å². The maximum Gasteiger partial charge on any atom is 1.00 e. The van der Waals surface area contributed by atoms with Crippen molar-refractivity contribution in [2.24, 2.45) is 0 Å². The van der Waals surface area contributed by atoms with Gasteiger partial charge in [0.05, 0.1) is 11.5 Å². The van der Waals surface area contributed by atoms with E-state index in [1.807, 2.05) is 0 Å². The van der Waals surface area contributed by atoms with Gasteiger partial charge in [0.25, 0.3) is 0 Å². The van der Waals surface area contributed by atoms with Gasteiger partial charge in [-0.05, 0) is 24.3 Å². The third-order valence-electron chi connectivity index (χ3n) is 1.91.